The number of aromatic nitrogens is 1. The maximum absolute atomic E-state index is 13.7. The minimum atomic E-state index is -0.629. The number of rotatable bonds is 8. The van der Waals surface area contributed by atoms with E-state index in [9.17, 15) is 9.59 Å². The molecule has 0 fully saturated rings. The van der Waals surface area contributed by atoms with Gasteiger partial charge in [-0.15, -0.1) is 11.8 Å². The van der Waals surface area contributed by atoms with E-state index in [2.05, 4.69) is 11.6 Å². The molecule has 1 atom stereocenters. The van der Waals surface area contributed by atoms with E-state index >= 15 is 0 Å². The summed E-state index contributed by atoms with van der Waals surface area (Å²) in [4.78, 5) is 33.0. The number of benzene rings is 2. The minimum absolute atomic E-state index is 0.222. The summed E-state index contributed by atoms with van der Waals surface area (Å²) in [6, 6.07) is 14.8. The van der Waals surface area contributed by atoms with Crippen molar-refractivity contribution in [3.8, 4) is 5.75 Å². The summed E-state index contributed by atoms with van der Waals surface area (Å²) in [6.45, 7) is 7.84. The van der Waals surface area contributed by atoms with Crippen LogP contribution in [0, 0.1) is 0 Å². The van der Waals surface area contributed by atoms with Crippen LogP contribution in [0.4, 0.5) is 0 Å². The van der Waals surface area contributed by atoms with Crippen molar-refractivity contribution in [2.45, 2.75) is 24.8 Å². The lowest BCUT2D eigenvalue weighted by atomic mass is 9.96. The highest BCUT2D eigenvalue weighted by atomic mass is 32.2. The maximum Gasteiger partial charge on any atom is 0.338 e. The molecule has 0 saturated heterocycles. The fraction of sp³-hybridized carbons (Fsp3) is 0.222. The van der Waals surface area contributed by atoms with E-state index in [1.165, 1.54) is 11.3 Å². The zero-order chi connectivity index (χ0) is 24.9. The lowest BCUT2D eigenvalue weighted by Gasteiger charge is -2.24. The molecule has 0 unspecified atom stereocenters. The number of esters is 1. The van der Waals surface area contributed by atoms with Crippen LogP contribution in [0.25, 0.3) is 6.08 Å². The van der Waals surface area contributed by atoms with Crippen molar-refractivity contribution in [3.05, 3.63) is 103 Å². The number of fused-ring (bicyclic) bond motifs is 1. The molecule has 0 saturated carbocycles. The Morgan fingerprint density at radius 1 is 1.23 bits per heavy atom. The van der Waals surface area contributed by atoms with Crippen LogP contribution < -0.4 is 19.6 Å². The monoisotopic (exact) mass is 506 g/mol. The molecular weight excluding hydrogens is 480 g/mol. The molecule has 1 aliphatic heterocycles. The third kappa shape index (κ3) is 5.04. The van der Waals surface area contributed by atoms with Gasteiger partial charge >= 0.3 is 5.97 Å². The Balaban J connectivity index is 1.91. The van der Waals surface area contributed by atoms with Gasteiger partial charge < -0.3 is 9.47 Å². The van der Waals surface area contributed by atoms with E-state index in [0.29, 0.717) is 33.0 Å². The average Bonchev–Trinajstić information content (AvgIpc) is 3.17. The zero-order valence-electron chi connectivity index (χ0n) is 19.8. The number of nitrogens with zero attached hydrogens (tertiary/aromatic N) is 2. The molecule has 0 N–H and O–H groups in total. The summed E-state index contributed by atoms with van der Waals surface area (Å²) in [6.07, 6.45) is 5.48. The predicted octanol–water partition coefficient (Wildman–Crippen LogP) is 4.09. The minimum Gasteiger partial charge on any atom is -0.489 e. The molecule has 8 heteroatoms. The maximum atomic E-state index is 13.7. The highest BCUT2D eigenvalue weighted by Gasteiger charge is 2.33. The number of para-hydroxylation sites is 1. The van der Waals surface area contributed by atoms with Gasteiger partial charge in [-0.05, 0) is 49.9 Å². The topological polar surface area (TPSA) is 69.9 Å². The normalized spacial score (nSPS) is 15.4. The lowest BCUT2D eigenvalue weighted by Crippen LogP contribution is -2.39. The molecule has 2 heterocycles. The van der Waals surface area contributed by atoms with Crippen molar-refractivity contribution >= 4 is 35.1 Å². The molecule has 0 radical (unpaired) electrons. The number of ether oxygens (including phenoxy) is 2. The van der Waals surface area contributed by atoms with Crippen LogP contribution in [0.2, 0.25) is 0 Å². The predicted molar refractivity (Wildman–Crippen MR) is 141 cm³/mol. The van der Waals surface area contributed by atoms with Crippen LogP contribution in [-0.2, 0) is 9.53 Å². The third-order valence-electron chi connectivity index (χ3n) is 5.51. The summed E-state index contributed by atoms with van der Waals surface area (Å²) in [5, 5.41) is 0. The number of thioether (sulfide) groups is 1. The molecule has 35 heavy (non-hydrogen) atoms. The second-order valence-corrected chi connectivity index (χ2v) is 9.60. The smallest absolute Gasteiger partial charge is 0.338 e. The molecule has 0 amide bonds. The fourth-order valence-corrected chi connectivity index (χ4v) is 5.36. The van der Waals surface area contributed by atoms with Crippen molar-refractivity contribution in [1.29, 1.82) is 0 Å². The van der Waals surface area contributed by atoms with Crippen molar-refractivity contribution in [2.75, 3.05) is 19.5 Å². The van der Waals surface area contributed by atoms with E-state index in [1.807, 2.05) is 54.8 Å². The van der Waals surface area contributed by atoms with Gasteiger partial charge in [0.05, 0.1) is 28.5 Å². The number of carbonyl (C=O) groups is 1. The summed E-state index contributed by atoms with van der Waals surface area (Å²) in [5.41, 5.74) is 2.30. The van der Waals surface area contributed by atoms with E-state index in [4.69, 9.17) is 9.47 Å². The molecule has 1 aliphatic rings. The number of hydrogen-bond acceptors (Lipinski definition) is 7. The quantitative estimate of drug-likeness (QED) is 0.262. The Morgan fingerprint density at radius 2 is 1.97 bits per heavy atom. The van der Waals surface area contributed by atoms with Gasteiger partial charge in [0.15, 0.2) is 4.80 Å². The molecule has 0 spiro atoms. The van der Waals surface area contributed by atoms with E-state index < -0.39 is 12.0 Å². The first-order chi connectivity index (χ1) is 17.0. The SMILES string of the molecule is C=CCOc1ccccc1/C=c1\sc2n(c1=O)[C@H](c1ccc(SC)cc1)C(C(=O)OCC)=C(C)N=2. The summed E-state index contributed by atoms with van der Waals surface area (Å²) >= 11 is 2.92. The highest BCUT2D eigenvalue weighted by molar-refractivity contribution is 7.98. The first kappa shape index (κ1) is 24.8. The van der Waals surface area contributed by atoms with Crippen molar-refractivity contribution in [2.24, 2.45) is 4.99 Å². The van der Waals surface area contributed by atoms with Gasteiger partial charge in [0.2, 0.25) is 0 Å². The summed E-state index contributed by atoms with van der Waals surface area (Å²) in [5.74, 6) is 0.191. The van der Waals surface area contributed by atoms with E-state index in [-0.39, 0.29) is 12.2 Å². The third-order valence-corrected chi connectivity index (χ3v) is 7.24. The number of carbonyl (C=O) groups excluding carboxylic acids is 1. The average molecular weight is 507 g/mol. The highest BCUT2D eigenvalue weighted by Crippen LogP contribution is 2.31. The molecule has 4 rings (SSSR count). The first-order valence-corrected chi connectivity index (χ1v) is 13.2. The number of allylic oxidation sites excluding steroid dienone is 1. The molecule has 2 aromatic carbocycles. The van der Waals surface area contributed by atoms with E-state index in [1.54, 1.807) is 42.3 Å². The second kappa shape index (κ2) is 10.9. The van der Waals surface area contributed by atoms with Gasteiger partial charge in [-0.3, -0.25) is 9.36 Å². The van der Waals surface area contributed by atoms with Gasteiger partial charge in [-0.2, -0.15) is 0 Å². The van der Waals surface area contributed by atoms with Crippen molar-refractivity contribution in [3.63, 3.8) is 0 Å². The number of hydrogen-bond donors (Lipinski definition) is 0. The molecule has 6 nitrogen and oxygen atoms in total. The zero-order valence-corrected chi connectivity index (χ0v) is 21.4. The Kier molecular flexibility index (Phi) is 7.73. The second-order valence-electron chi connectivity index (χ2n) is 7.71. The largest absolute Gasteiger partial charge is 0.489 e. The van der Waals surface area contributed by atoms with Crippen LogP contribution >= 0.6 is 23.1 Å². The molecule has 0 bridgehead atoms. The number of thiazole rings is 1. The molecule has 3 aromatic rings. The molecule has 0 aliphatic carbocycles. The summed E-state index contributed by atoms with van der Waals surface area (Å²) < 4.78 is 13.2. The van der Waals surface area contributed by atoms with Gasteiger partial charge in [0.25, 0.3) is 5.56 Å². The molecule has 180 valence electrons. The standard InChI is InChI=1S/C27H26N2O4S2/c1-5-15-33-21-10-8-7-9-19(21)16-22-25(30)29-24(18-11-13-20(34-4)14-12-18)23(26(31)32-6-2)17(3)28-27(29)35-22/h5,7-14,16,24H,1,6,15H2,2-4H3/b22-16-/t24-/m1/s1. The van der Waals surface area contributed by atoms with Crippen molar-refractivity contribution < 1.29 is 14.3 Å². The van der Waals surface area contributed by atoms with Crippen LogP contribution in [0.1, 0.15) is 31.0 Å². The Bertz CT molecular complexity index is 1470. The van der Waals surface area contributed by atoms with Gasteiger partial charge in [-0.25, -0.2) is 9.79 Å². The molecular formula is C27H26N2O4S2. The van der Waals surface area contributed by atoms with Crippen LogP contribution in [0.3, 0.4) is 0 Å². The van der Waals surface area contributed by atoms with Gasteiger partial charge in [0, 0.05) is 10.5 Å². The summed E-state index contributed by atoms with van der Waals surface area (Å²) in [7, 11) is 0. The Labute approximate surface area is 211 Å². The first-order valence-electron chi connectivity index (χ1n) is 11.1. The fourth-order valence-electron chi connectivity index (χ4n) is 3.91. The van der Waals surface area contributed by atoms with Crippen LogP contribution in [-0.4, -0.2) is 30.0 Å². The Morgan fingerprint density at radius 3 is 2.66 bits per heavy atom. The van der Waals surface area contributed by atoms with Crippen LogP contribution in [0.5, 0.6) is 5.75 Å². The van der Waals surface area contributed by atoms with Crippen molar-refractivity contribution in [1.82, 2.24) is 4.57 Å². The lowest BCUT2D eigenvalue weighted by molar-refractivity contribution is -0.139. The Hall–Kier alpha value is -3.36. The van der Waals surface area contributed by atoms with E-state index in [0.717, 1.165) is 16.0 Å². The molecule has 1 aromatic heterocycles. The van der Waals surface area contributed by atoms with Gasteiger partial charge in [0.1, 0.15) is 12.4 Å². The van der Waals surface area contributed by atoms with Gasteiger partial charge in [-0.1, -0.05) is 54.3 Å². The van der Waals surface area contributed by atoms with Crippen LogP contribution in [0.15, 0.2) is 87.1 Å².